The Kier molecular flexibility index (Phi) is 4.29. The van der Waals surface area contributed by atoms with Crippen molar-refractivity contribution in [2.75, 3.05) is 12.3 Å². The van der Waals surface area contributed by atoms with E-state index in [1.165, 1.54) is 19.3 Å². The van der Waals surface area contributed by atoms with Gasteiger partial charge in [0, 0.05) is 11.8 Å². The normalized spacial score (nSPS) is 21.5. The van der Waals surface area contributed by atoms with Crippen molar-refractivity contribution >= 4 is 23.4 Å². The van der Waals surface area contributed by atoms with Crippen molar-refractivity contribution in [1.29, 1.82) is 0 Å². The number of aromatic nitrogens is 1. The van der Waals surface area contributed by atoms with Crippen molar-refractivity contribution in [2.45, 2.75) is 30.3 Å². The lowest BCUT2D eigenvalue weighted by molar-refractivity contribution is 0.430. The number of halogens is 1. The zero-order valence-corrected chi connectivity index (χ0v) is 10.2. The average Bonchev–Trinajstić information content (AvgIpc) is 2.28. The summed E-state index contributed by atoms with van der Waals surface area (Å²) in [6.45, 7) is 1.16. The molecule has 1 aromatic rings. The van der Waals surface area contributed by atoms with Crippen LogP contribution in [0, 0.1) is 0 Å². The molecule has 1 aliphatic heterocycles. The number of piperidine rings is 1. The van der Waals surface area contributed by atoms with Crippen LogP contribution in [-0.2, 0) is 0 Å². The largest absolute Gasteiger partial charge is 0.313 e. The summed E-state index contributed by atoms with van der Waals surface area (Å²) in [7, 11) is 0. The van der Waals surface area contributed by atoms with E-state index in [-0.39, 0.29) is 0 Å². The third kappa shape index (κ3) is 3.67. The van der Waals surface area contributed by atoms with Crippen LogP contribution < -0.4 is 5.32 Å². The first-order chi connectivity index (χ1) is 7.34. The van der Waals surface area contributed by atoms with E-state index in [0.29, 0.717) is 11.2 Å². The predicted molar refractivity (Wildman–Crippen MR) is 65.6 cm³/mol. The number of rotatable bonds is 3. The van der Waals surface area contributed by atoms with Gasteiger partial charge in [-0.05, 0) is 31.5 Å². The SMILES string of the molecule is Clc1cccc(SCC2CCCCN2)n1. The predicted octanol–water partition coefficient (Wildman–Crippen LogP) is 2.97. The third-order valence-electron chi connectivity index (χ3n) is 2.53. The highest BCUT2D eigenvalue weighted by atomic mass is 35.5. The standard InChI is InChI=1S/C11H15ClN2S/c12-10-5-3-6-11(14-10)15-8-9-4-1-2-7-13-9/h3,5-6,9,13H,1-2,4,7-8H2. The number of hydrogen-bond donors (Lipinski definition) is 1. The molecule has 2 rings (SSSR count). The van der Waals surface area contributed by atoms with E-state index < -0.39 is 0 Å². The fraction of sp³-hybridized carbons (Fsp3) is 0.545. The molecule has 0 saturated carbocycles. The van der Waals surface area contributed by atoms with Crippen LogP contribution in [0.2, 0.25) is 5.15 Å². The van der Waals surface area contributed by atoms with Crippen molar-refractivity contribution in [3.63, 3.8) is 0 Å². The maximum atomic E-state index is 5.83. The summed E-state index contributed by atoms with van der Waals surface area (Å²) in [6, 6.07) is 6.42. The minimum absolute atomic E-state index is 0.580. The van der Waals surface area contributed by atoms with E-state index in [1.807, 2.05) is 18.2 Å². The average molecular weight is 243 g/mol. The Morgan fingerprint density at radius 1 is 1.47 bits per heavy atom. The number of nitrogens with one attached hydrogen (secondary N) is 1. The van der Waals surface area contributed by atoms with Crippen LogP contribution in [0.1, 0.15) is 19.3 Å². The Morgan fingerprint density at radius 3 is 3.13 bits per heavy atom. The second-order valence-electron chi connectivity index (χ2n) is 3.76. The smallest absolute Gasteiger partial charge is 0.130 e. The minimum Gasteiger partial charge on any atom is -0.313 e. The second kappa shape index (κ2) is 5.73. The summed E-state index contributed by atoms with van der Waals surface area (Å²) in [4.78, 5) is 4.26. The molecule has 1 N–H and O–H groups in total. The van der Waals surface area contributed by atoms with Gasteiger partial charge >= 0.3 is 0 Å². The molecule has 0 bridgehead atoms. The quantitative estimate of drug-likeness (QED) is 0.652. The Bertz CT molecular complexity index is 313. The molecular formula is C11H15ClN2S. The Balaban J connectivity index is 1.81. The molecule has 1 unspecified atom stereocenters. The summed E-state index contributed by atoms with van der Waals surface area (Å²) in [5.41, 5.74) is 0. The van der Waals surface area contributed by atoms with Gasteiger partial charge in [0.05, 0.1) is 5.03 Å². The van der Waals surface area contributed by atoms with Crippen LogP contribution in [-0.4, -0.2) is 23.3 Å². The van der Waals surface area contributed by atoms with E-state index >= 15 is 0 Å². The van der Waals surface area contributed by atoms with E-state index in [4.69, 9.17) is 11.6 Å². The first-order valence-corrected chi connectivity index (χ1v) is 6.70. The minimum atomic E-state index is 0.580. The van der Waals surface area contributed by atoms with Crippen LogP contribution in [0.25, 0.3) is 0 Å². The highest BCUT2D eigenvalue weighted by molar-refractivity contribution is 7.99. The van der Waals surface area contributed by atoms with Crippen molar-refractivity contribution < 1.29 is 0 Å². The lowest BCUT2D eigenvalue weighted by Gasteiger charge is -2.22. The second-order valence-corrected chi connectivity index (χ2v) is 5.18. The molecule has 0 aliphatic carbocycles. The van der Waals surface area contributed by atoms with Gasteiger partial charge in [-0.25, -0.2) is 4.98 Å². The molecule has 1 atom stereocenters. The van der Waals surface area contributed by atoms with Crippen molar-refractivity contribution in [2.24, 2.45) is 0 Å². The highest BCUT2D eigenvalue weighted by Crippen LogP contribution is 2.20. The summed E-state index contributed by atoms with van der Waals surface area (Å²) >= 11 is 7.61. The van der Waals surface area contributed by atoms with Crippen LogP contribution in [0.15, 0.2) is 23.2 Å². The van der Waals surface area contributed by atoms with Gasteiger partial charge in [-0.1, -0.05) is 24.1 Å². The highest BCUT2D eigenvalue weighted by Gasteiger charge is 2.12. The van der Waals surface area contributed by atoms with Crippen LogP contribution in [0.4, 0.5) is 0 Å². The maximum absolute atomic E-state index is 5.83. The molecule has 82 valence electrons. The summed E-state index contributed by atoms with van der Waals surface area (Å²) < 4.78 is 0. The first kappa shape index (κ1) is 11.2. The van der Waals surface area contributed by atoms with Gasteiger partial charge in [0.15, 0.2) is 0 Å². The molecule has 1 aromatic heterocycles. The van der Waals surface area contributed by atoms with Gasteiger partial charge in [-0.3, -0.25) is 0 Å². The molecular weight excluding hydrogens is 228 g/mol. The van der Waals surface area contributed by atoms with E-state index in [1.54, 1.807) is 11.8 Å². The lowest BCUT2D eigenvalue weighted by Crippen LogP contribution is -2.35. The number of hydrogen-bond acceptors (Lipinski definition) is 3. The Morgan fingerprint density at radius 2 is 2.40 bits per heavy atom. The van der Waals surface area contributed by atoms with E-state index in [9.17, 15) is 0 Å². The third-order valence-corrected chi connectivity index (χ3v) is 3.84. The molecule has 2 nitrogen and oxygen atoms in total. The molecule has 0 aromatic carbocycles. The topological polar surface area (TPSA) is 24.9 Å². The van der Waals surface area contributed by atoms with Gasteiger partial charge in [0.2, 0.25) is 0 Å². The van der Waals surface area contributed by atoms with Gasteiger partial charge < -0.3 is 5.32 Å². The molecule has 4 heteroatoms. The van der Waals surface area contributed by atoms with Crippen LogP contribution in [0.5, 0.6) is 0 Å². The zero-order valence-electron chi connectivity index (χ0n) is 8.58. The maximum Gasteiger partial charge on any atom is 0.130 e. The summed E-state index contributed by atoms with van der Waals surface area (Å²) in [6.07, 6.45) is 3.95. The van der Waals surface area contributed by atoms with E-state index in [2.05, 4.69) is 10.3 Å². The number of thioether (sulfide) groups is 1. The van der Waals surface area contributed by atoms with E-state index in [0.717, 1.165) is 17.3 Å². The van der Waals surface area contributed by atoms with Crippen LogP contribution in [0.3, 0.4) is 0 Å². The first-order valence-electron chi connectivity index (χ1n) is 5.33. The van der Waals surface area contributed by atoms with Crippen molar-refractivity contribution in [3.05, 3.63) is 23.4 Å². The lowest BCUT2D eigenvalue weighted by atomic mass is 10.1. The molecule has 1 saturated heterocycles. The molecule has 15 heavy (non-hydrogen) atoms. The Hall–Kier alpha value is -0.250. The van der Waals surface area contributed by atoms with Crippen LogP contribution >= 0.6 is 23.4 Å². The zero-order chi connectivity index (χ0) is 10.5. The fourth-order valence-corrected chi connectivity index (χ4v) is 2.93. The van der Waals surface area contributed by atoms with Crippen molar-refractivity contribution in [1.82, 2.24) is 10.3 Å². The molecule has 2 heterocycles. The van der Waals surface area contributed by atoms with Crippen molar-refractivity contribution in [3.8, 4) is 0 Å². The van der Waals surface area contributed by atoms with Gasteiger partial charge in [0.25, 0.3) is 0 Å². The number of pyridine rings is 1. The van der Waals surface area contributed by atoms with Gasteiger partial charge in [-0.15, -0.1) is 11.8 Å². The number of nitrogens with zero attached hydrogens (tertiary/aromatic N) is 1. The molecule has 0 amide bonds. The fourth-order valence-electron chi connectivity index (χ4n) is 1.72. The summed E-state index contributed by atoms with van der Waals surface area (Å²) in [5.74, 6) is 1.09. The molecule has 0 radical (unpaired) electrons. The Labute approximate surface area is 99.8 Å². The monoisotopic (exact) mass is 242 g/mol. The molecule has 0 spiro atoms. The summed E-state index contributed by atoms with van der Waals surface area (Å²) in [5, 5.41) is 5.13. The van der Waals surface area contributed by atoms with Gasteiger partial charge in [-0.2, -0.15) is 0 Å². The molecule has 1 fully saturated rings. The molecule has 1 aliphatic rings. The van der Waals surface area contributed by atoms with Gasteiger partial charge in [0.1, 0.15) is 5.15 Å².